The van der Waals surface area contributed by atoms with Crippen molar-refractivity contribution in [3.8, 4) is 0 Å². The Morgan fingerprint density at radius 1 is 0.719 bits per heavy atom. The van der Waals surface area contributed by atoms with Crippen molar-refractivity contribution >= 4 is 0 Å². The first-order valence-electron chi connectivity index (χ1n) is 10.7. The van der Waals surface area contributed by atoms with Crippen molar-refractivity contribution in [1.82, 2.24) is 0 Å². The summed E-state index contributed by atoms with van der Waals surface area (Å²) in [5, 5.41) is 19.1. The Morgan fingerprint density at radius 2 is 1.34 bits per heavy atom. The lowest BCUT2D eigenvalue weighted by atomic mass is 9.95. The zero-order chi connectivity index (χ0) is 24.1. The molecule has 1 fully saturated rings. The molecule has 0 aliphatic carbocycles. The summed E-state index contributed by atoms with van der Waals surface area (Å²) in [6.07, 6.45) is -4.76. The molecule has 1 aliphatic rings. The van der Waals surface area contributed by atoms with Crippen molar-refractivity contribution in [1.29, 1.82) is 0 Å². The fraction of sp³-hybridized carbons (Fsp3) is 1.00. The van der Waals surface area contributed by atoms with E-state index in [0.29, 0.717) is 12.8 Å². The quantitative estimate of drug-likeness (QED) is 0.289. The third kappa shape index (κ3) is 7.54. The summed E-state index contributed by atoms with van der Waals surface area (Å²) in [7, 11) is 10.8. The smallest absolute Gasteiger partial charge is 0.187 e. The van der Waals surface area contributed by atoms with Crippen LogP contribution < -0.4 is 0 Å². The molecule has 0 aromatic carbocycles. The van der Waals surface area contributed by atoms with E-state index in [1.54, 1.807) is 28.4 Å². The highest BCUT2D eigenvalue weighted by Gasteiger charge is 2.50. The highest BCUT2D eigenvalue weighted by atomic mass is 16.7. The van der Waals surface area contributed by atoms with Crippen molar-refractivity contribution in [2.75, 3.05) is 69.6 Å². The maximum atomic E-state index is 9.58. The van der Waals surface area contributed by atoms with Gasteiger partial charge < -0.3 is 52.8 Å². The number of hydrogen-bond acceptors (Lipinski definition) is 11. The fourth-order valence-electron chi connectivity index (χ4n) is 4.18. The summed E-state index contributed by atoms with van der Waals surface area (Å²) in [6.45, 7) is 0.0407. The third-order valence-corrected chi connectivity index (χ3v) is 5.79. The molecule has 4 unspecified atom stereocenters. The molecule has 0 aromatic heterocycles. The minimum absolute atomic E-state index is 0.0970. The maximum absolute atomic E-state index is 9.58. The minimum Gasteiger partial charge on any atom is -0.396 e. The molecule has 11 heteroatoms. The normalized spacial score (nSPS) is 30.1. The van der Waals surface area contributed by atoms with Crippen LogP contribution in [-0.4, -0.2) is 135 Å². The van der Waals surface area contributed by atoms with Crippen LogP contribution >= 0.6 is 0 Å². The molecule has 32 heavy (non-hydrogen) atoms. The van der Waals surface area contributed by atoms with Crippen LogP contribution in [0.15, 0.2) is 0 Å². The Kier molecular flexibility index (Phi) is 15.0. The molecule has 0 radical (unpaired) electrons. The third-order valence-electron chi connectivity index (χ3n) is 5.79. The molecular formula is C21H42O11. The number of ether oxygens (including phenoxy) is 9. The highest BCUT2D eigenvalue weighted by Crippen LogP contribution is 2.32. The number of aliphatic hydroxyl groups excluding tert-OH is 2. The van der Waals surface area contributed by atoms with Crippen LogP contribution in [0.2, 0.25) is 0 Å². The van der Waals surface area contributed by atoms with Crippen molar-refractivity contribution in [3.05, 3.63) is 0 Å². The Bertz CT molecular complexity index is 469. The van der Waals surface area contributed by atoms with Crippen LogP contribution in [0.5, 0.6) is 0 Å². The van der Waals surface area contributed by atoms with Gasteiger partial charge in [-0.15, -0.1) is 0 Å². The first-order valence-corrected chi connectivity index (χ1v) is 10.7. The Labute approximate surface area is 191 Å². The van der Waals surface area contributed by atoms with Gasteiger partial charge in [0.2, 0.25) is 0 Å². The van der Waals surface area contributed by atoms with E-state index in [9.17, 15) is 10.2 Å². The summed E-state index contributed by atoms with van der Waals surface area (Å²) in [6, 6.07) is 0. The zero-order valence-corrected chi connectivity index (χ0v) is 20.3. The lowest BCUT2D eigenvalue weighted by Crippen LogP contribution is -2.62. The molecule has 0 saturated carbocycles. The van der Waals surface area contributed by atoms with E-state index in [4.69, 9.17) is 42.6 Å². The predicted octanol–water partition coefficient (Wildman–Crippen LogP) is -0.402. The first-order chi connectivity index (χ1) is 15.5. The average Bonchev–Trinajstić information content (AvgIpc) is 2.81. The van der Waals surface area contributed by atoms with E-state index in [2.05, 4.69) is 0 Å². The molecule has 192 valence electrons. The van der Waals surface area contributed by atoms with Crippen molar-refractivity contribution < 1.29 is 52.8 Å². The second-order valence-electron chi connectivity index (χ2n) is 7.47. The van der Waals surface area contributed by atoms with Crippen LogP contribution in [-0.2, 0) is 42.6 Å². The van der Waals surface area contributed by atoms with Gasteiger partial charge in [-0.05, 0) is 12.8 Å². The molecule has 1 heterocycles. The molecule has 9 atom stereocenters. The van der Waals surface area contributed by atoms with Gasteiger partial charge in [0.25, 0.3) is 0 Å². The van der Waals surface area contributed by atoms with Gasteiger partial charge in [0.05, 0.1) is 18.8 Å². The fourth-order valence-corrected chi connectivity index (χ4v) is 4.18. The summed E-state index contributed by atoms with van der Waals surface area (Å²) < 4.78 is 51.8. The molecule has 1 rings (SSSR count). The first kappa shape index (κ1) is 29.6. The molecule has 0 bridgehead atoms. The lowest BCUT2D eigenvalue weighted by Gasteiger charge is -2.47. The van der Waals surface area contributed by atoms with E-state index >= 15 is 0 Å². The van der Waals surface area contributed by atoms with Gasteiger partial charge in [-0.1, -0.05) is 0 Å². The predicted molar refractivity (Wildman–Crippen MR) is 114 cm³/mol. The monoisotopic (exact) mass is 470 g/mol. The van der Waals surface area contributed by atoms with Gasteiger partial charge in [-0.25, -0.2) is 0 Å². The Morgan fingerprint density at radius 3 is 1.78 bits per heavy atom. The molecule has 0 spiro atoms. The molecule has 1 aliphatic heterocycles. The van der Waals surface area contributed by atoms with Crippen molar-refractivity contribution in [2.45, 2.75) is 68.0 Å². The van der Waals surface area contributed by atoms with Gasteiger partial charge in [-0.3, -0.25) is 0 Å². The van der Waals surface area contributed by atoms with E-state index < -0.39 is 55.1 Å². The molecule has 2 N–H and O–H groups in total. The van der Waals surface area contributed by atoms with Gasteiger partial charge in [0.1, 0.15) is 36.6 Å². The number of rotatable bonds is 17. The summed E-state index contributed by atoms with van der Waals surface area (Å²) in [4.78, 5) is 0. The highest BCUT2D eigenvalue weighted by molar-refractivity contribution is 4.94. The number of aliphatic hydroxyl groups is 2. The molecule has 11 nitrogen and oxygen atoms in total. The second-order valence-corrected chi connectivity index (χ2v) is 7.47. The number of hydrogen-bond donors (Lipinski definition) is 2. The van der Waals surface area contributed by atoms with Crippen LogP contribution in [0.3, 0.4) is 0 Å². The summed E-state index contributed by atoms with van der Waals surface area (Å²) >= 11 is 0. The maximum Gasteiger partial charge on any atom is 0.187 e. The van der Waals surface area contributed by atoms with Crippen LogP contribution in [0.1, 0.15) is 12.8 Å². The topological polar surface area (TPSA) is 124 Å². The largest absolute Gasteiger partial charge is 0.396 e. The van der Waals surface area contributed by atoms with Gasteiger partial charge in [0, 0.05) is 63.0 Å². The van der Waals surface area contributed by atoms with E-state index in [-0.39, 0.29) is 19.8 Å². The van der Waals surface area contributed by atoms with Crippen LogP contribution in [0.25, 0.3) is 0 Å². The van der Waals surface area contributed by atoms with Crippen LogP contribution in [0, 0.1) is 0 Å². The average molecular weight is 471 g/mol. The molecule has 1 saturated heterocycles. The minimum atomic E-state index is -0.896. The van der Waals surface area contributed by atoms with E-state index in [1.807, 2.05) is 0 Å². The van der Waals surface area contributed by atoms with Crippen LogP contribution in [0.4, 0.5) is 0 Å². The zero-order valence-electron chi connectivity index (χ0n) is 20.3. The van der Waals surface area contributed by atoms with E-state index in [0.717, 1.165) is 0 Å². The Balaban J connectivity index is 3.30. The summed E-state index contributed by atoms with van der Waals surface area (Å²) in [5.74, 6) is 0. The molecule has 0 aromatic rings. The van der Waals surface area contributed by atoms with Gasteiger partial charge in [0.15, 0.2) is 6.29 Å². The van der Waals surface area contributed by atoms with Gasteiger partial charge in [-0.2, -0.15) is 0 Å². The SMILES string of the molecule is COCC(OC)[C@H](OC)[C@H](O[C@H]1OC(CCO)[C@@H](OC)[C@@H](OC)C1OC)C(CCO)OC. The van der Waals surface area contributed by atoms with E-state index in [1.165, 1.54) is 21.3 Å². The van der Waals surface area contributed by atoms with Crippen molar-refractivity contribution in [2.24, 2.45) is 0 Å². The second kappa shape index (κ2) is 16.2. The summed E-state index contributed by atoms with van der Waals surface area (Å²) in [5.41, 5.74) is 0. The standard InChI is InChI=1S/C21H42O11/c1-24-12-15(26-3)17(28-5)18(13(25-2)8-10-22)32-21-20(30-7)19(29-6)16(27-4)14(31-21)9-11-23/h13-23H,8-12H2,1-7H3/t13?,14?,15?,16-,17+,18-,19-,20?,21-/m1/s1. The van der Waals surface area contributed by atoms with Gasteiger partial charge >= 0.3 is 0 Å². The Hall–Kier alpha value is -0.440. The van der Waals surface area contributed by atoms with Crippen molar-refractivity contribution in [3.63, 3.8) is 0 Å². The molecular weight excluding hydrogens is 428 g/mol. The number of methoxy groups -OCH3 is 7. The lowest BCUT2D eigenvalue weighted by molar-refractivity contribution is -0.335. The molecule has 0 amide bonds.